The van der Waals surface area contributed by atoms with Crippen LogP contribution in [0.25, 0.3) is 0 Å². The molecule has 5 nitrogen and oxygen atoms in total. The monoisotopic (exact) mass is 262 g/mol. The lowest BCUT2D eigenvalue weighted by Crippen LogP contribution is -2.23. The van der Waals surface area contributed by atoms with Crippen molar-refractivity contribution in [3.05, 3.63) is 52.9 Å². The summed E-state index contributed by atoms with van der Waals surface area (Å²) in [4.78, 5) is 19.5. The number of aromatic nitrogens is 2. The first-order valence-corrected chi connectivity index (χ1v) is 5.63. The molecule has 0 fully saturated rings. The van der Waals surface area contributed by atoms with E-state index in [9.17, 15) is 4.79 Å². The predicted molar refractivity (Wildman–Crippen MR) is 69.1 cm³/mol. The third kappa shape index (κ3) is 3.18. The Kier molecular flexibility index (Phi) is 3.74. The Morgan fingerprint density at radius 3 is 2.72 bits per heavy atom. The first-order valence-electron chi connectivity index (χ1n) is 5.25. The number of halogens is 1. The van der Waals surface area contributed by atoms with Gasteiger partial charge in [0.2, 0.25) is 0 Å². The van der Waals surface area contributed by atoms with E-state index in [1.807, 2.05) is 12.1 Å². The Hall–Kier alpha value is -2.14. The van der Waals surface area contributed by atoms with Gasteiger partial charge >= 0.3 is 0 Å². The molecule has 0 aromatic carbocycles. The summed E-state index contributed by atoms with van der Waals surface area (Å²) in [6.07, 6.45) is 3.34. The summed E-state index contributed by atoms with van der Waals surface area (Å²) in [5.41, 5.74) is 6.88. The molecule has 0 aliphatic heterocycles. The van der Waals surface area contributed by atoms with Gasteiger partial charge in [-0.25, -0.2) is 4.98 Å². The number of nitrogens with zero attached hydrogens (tertiary/aromatic N) is 2. The summed E-state index contributed by atoms with van der Waals surface area (Å²) in [6.45, 7) is 0.418. The molecule has 18 heavy (non-hydrogen) atoms. The molecule has 1 amide bonds. The van der Waals surface area contributed by atoms with Crippen LogP contribution in [0.3, 0.4) is 0 Å². The minimum Gasteiger partial charge on any atom is -0.384 e. The van der Waals surface area contributed by atoms with Crippen molar-refractivity contribution in [1.29, 1.82) is 0 Å². The third-order valence-electron chi connectivity index (χ3n) is 2.28. The lowest BCUT2D eigenvalue weighted by molar-refractivity contribution is 0.0951. The zero-order valence-corrected chi connectivity index (χ0v) is 10.2. The van der Waals surface area contributed by atoms with Crippen LogP contribution in [0.1, 0.15) is 15.9 Å². The van der Waals surface area contributed by atoms with E-state index < -0.39 is 0 Å². The van der Waals surface area contributed by atoms with Gasteiger partial charge in [-0.15, -0.1) is 0 Å². The molecule has 3 N–H and O–H groups in total. The van der Waals surface area contributed by atoms with Crippen molar-refractivity contribution in [1.82, 2.24) is 15.3 Å². The Morgan fingerprint density at radius 1 is 1.33 bits per heavy atom. The number of nitrogens with one attached hydrogen (secondary N) is 1. The molecule has 0 radical (unpaired) electrons. The number of nitrogens with two attached hydrogens (primary N) is 1. The van der Waals surface area contributed by atoms with Gasteiger partial charge in [0, 0.05) is 24.5 Å². The minimum atomic E-state index is -0.247. The number of hydrogen-bond donors (Lipinski definition) is 2. The van der Waals surface area contributed by atoms with Gasteiger partial charge in [-0.2, -0.15) is 0 Å². The van der Waals surface area contributed by atoms with E-state index in [1.165, 1.54) is 12.1 Å². The molecule has 92 valence electrons. The van der Waals surface area contributed by atoms with Gasteiger partial charge in [-0.3, -0.25) is 9.78 Å². The average Bonchev–Trinajstić information content (AvgIpc) is 2.36. The van der Waals surface area contributed by atoms with Gasteiger partial charge in [-0.1, -0.05) is 11.6 Å². The van der Waals surface area contributed by atoms with Crippen LogP contribution in [0.15, 0.2) is 36.7 Å². The number of pyridine rings is 2. The zero-order valence-electron chi connectivity index (χ0n) is 9.43. The van der Waals surface area contributed by atoms with Crippen LogP contribution < -0.4 is 11.1 Å². The quantitative estimate of drug-likeness (QED) is 0.824. The summed E-state index contributed by atoms with van der Waals surface area (Å²) in [6, 6.07) is 6.61. The van der Waals surface area contributed by atoms with E-state index >= 15 is 0 Å². The first-order chi connectivity index (χ1) is 8.65. The number of amides is 1. The van der Waals surface area contributed by atoms with E-state index in [1.54, 1.807) is 12.4 Å². The van der Waals surface area contributed by atoms with Gasteiger partial charge in [0.15, 0.2) is 0 Å². The number of rotatable bonds is 3. The van der Waals surface area contributed by atoms with Gasteiger partial charge in [-0.05, 0) is 29.8 Å². The standard InChI is InChI=1S/C12H11ClN4O/c13-10-5-9(6-11(14)17-10)12(18)16-7-8-1-3-15-4-2-8/h1-6H,7H2,(H2,14,17)(H,16,18). The molecule has 0 saturated heterocycles. The largest absolute Gasteiger partial charge is 0.384 e. The highest BCUT2D eigenvalue weighted by Crippen LogP contribution is 2.12. The fourth-order valence-electron chi connectivity index (χ4n) is 1.43. The van der Waals surface area contributed by atoms with Crippen LogP contribution in [0.2, 0.25) is 5.15 Å². The fraction of sp³-hybridized carbons (Fsp3) is 0.0833. The summed E-state index contributed by atoms with van der Waals surface area (Å²) >= 11 is 5.73. The van der Waals surface area contributed by atoms with E-state index in [-0.39, 0.29) is 16.9 Å². The summed E-state index contributed by atoms with van der Waals surface area (Å²) < 4.78 is 0. The molecule has 0 aliphatic rings. The van der Waals surface area contributed by atoms with Crippen LogP contribution in [-0.4, -0.2) is 15.9 Å². The Bertz CT molecular complexity index is 539. The maximum absolute atomic E-state index is 11.9. The van der Waals surface area contributed by atoms with Crippen molar-refractivity contribution in [3.63, 3.8) is 0 Å². The molecule has 0 atom stereocenters. The second-order valence-corrected chi connectivity index (χ2v) is 4.03. The highest BCUT2D eigenvalue weighted by molar-refractivity contribution is 6.29. The summed E-state index contributed by atoms with van der Waals surface area (Å²) in [7, 11) is 0. The molecule has 2 heterocycles. The third-order valence-corrected chi connectivity index (χ3v) is 2.47. The normalized spacial score (nSPS) is 10.1. The van der Waals surface area contributed by atoms with Crippen LogP contribution in [-0.2, 0) is 6.54 Å². The molecule has 0 saturated carbocycles. The molecule has 2 rings (SSSR count). The van der Waals surface area contributed by atoms with Crippen LogP contribution in [0, 0.1) is 0 Å². The molecular weight excluding hydrogens is 252 g/mol. The number of carbonyl (C=O) groups excluding carboxylic acids is 1. The number of nitrogen functional groups attached to an aromatic ring is 1. The van der Waals surface area contributed by atoms with Gasteiger partial charge in [0.25, 0.3) is 5.91 Å². The zero-order chi connectivity index (χ0) is 13.0. The maximum atomic E-state index is 11.9. The molecular formula is C12H11ClN4O. The second kappa shape index (κ2) is 5.46. The van der Waals surface area contributed by atoms with Gasteiger partial charge in [0.1, 0.15) is 11.0 Å². The Morgan fingerprint density at radius 2 is 2.06 bits per heavy atom. The first kappa shape index (κ1) is 12.3. The second-order valence-electron chi connectivity index (χ2n) is 3.64. The lowest BCUT2D eigenvalue weighted by atomic mass is 10.2. The average molecular weight is 263 g/mol. The highest BCUT2D eigenvalue weighted by atomic mass is 35.5. The van der Waals surface area contributed by atoms with Gasteiger partial charge < -0.3 is 11.1 Å². The van der Waals surface area contributed by atoms with Crippen LogP contribution >= 0.6 is 11.6 Å². The van der Waals surface area contributed by atoms with Gasteiger partial charge in [0.05, 0.1) is 0 Å². The summed E-state index contributed by atoms with van der Waals surface area (Å²) in [5, 5.41) is 2.96. The fourth-order valence-corrected chi connectivity index (χ4v) is 1.65. The Labute approximate surface area is 109 Å². The SMILES string of the molecule is Nc1cc(C(=O)NCc2ccncc2)cc(Cl)n1. The smallest absolute Gasteiger partial charge is 0.251 e. The van der Waals surface area contributed by atoms with Crippen LogP contribution in [0.4, 0.5) is 5.82 Å². The van der Waals surface area contributed by atoms with Crippen molar-refractivity contribution in [2.24, 2.45) is 0 Å². The number of anilines is 1. The van der Waals surface area contributed by atoms with Crippen molar-refractivity contribution in [2.75, 3.05) is 5.73 Å². The molecule has 2 aromatic rings. The van der Waals surface area contributed by atoms with Crippen molar-refractivity contribution in [3.8, 4) is 0 Å². The maximum Gasteiger partial charge on any atom is 0.251 e. The molecule has 0 spiro atoms. The van der Waals surface area contributed by atoms with Crippen molar-refractivity contribution in [2.45, 2.75) is 6.54 Å². The molecule has 0 bridgehead atoms. The van der Waals surface area contributed by atoms with E-state index in [4.69, 9.17) is 17.3 Å². The minimum absolute atomic E-state index is 0.198. The van der Waals surface area contributed by atoms with E-state index in [2.05, 4.69) is 15.3 Å². The predicted octanol–water partition coefficient (Wildman–Crippen LogP) is 1.64. The highest BCUT2D eigenvalue weighted by Gasteiger charge is 2.07. The van der Waals surface area contributed by atoms with Crippen molar-refractivity contribution < 1.29 is 4.79 Å². The molecule has 0 aliphatic carbocycles. The van der Waals surface area contributed by atoms with Crippen LogP contribution in [0.5, 0.6) is 0 Å². The summed E-state index contributed by atoms with van der Waals surface area (Å²) in [5.74, 6) is -0.0284. The van der Waals surface area contributed by atoms with E-state index in [0.717, 1.165) is 5.56 Å². The molecule has 2 aromatic heterocycles. The van der Waals surface area contributed by atoms with E-state index in [0.29, 0.717) is 12.1 Å². The number of carbonyl (C=O) groups is 1. The lowest BCUT2D eigenvalue weighted by Gasteiger charge is -2.06. The Balaban J connectivity index is 2.04. The molecule has 6 heteroatoms. The molecule has 0 unspecified atom stereocenters. The topological polar surface area (TPSA) is 80.9 Å². The van der Waals surface area contributed by atoms with Crippen molar-refractivity contribution >= 4 is 23.3 Å². The number of hydrogen-bond acceptors (Lipinski definition) is 4.